The summed E-state index contributed by atoms with van der Waals surface area (Å²) < 4.78 is 28.5. The molecule has 0 bridgehead atoms. The Morgan fingerprint density at radius 3 is 2.25 bits per heavy atom. The molecule has 1 N–H and O–H groups in total. The van der Waals surface area contributed by atoms with Crippen LogP contribution >= 0.6 is 0 Å². The number of hydrogen-bond donors (Lipinski definition) is 1. The third kappa shape index (κ3) is 5.51. The standard InChI is InChI=1S/C15H25NO3S/c1-6-15(3,4)16-11-12(2)19-13-7-9-14(10-8-13)20(5,17)18/h7-10,12,16H,6,11H2,1-5H3. The highest BCUT2D eigenvalue weighted by Gasteiger charge is 2.15. The maximum Gasteiger partial charge on any atom is 0.175 e. The topological polar surface area (TPSA) is 55.4 Å². The van der Waals surface area contributed by atoms with E-state index in [0.29, 0.717) is 10.6 Å². The van der Waals surface area contributed by atoms with E-state index in [4.69, 9.17) is 4.74 Å². The van der Waals surface area contributed by atoms with Crippen molar-refractivity contribution in [2.75, 3.05) is 12.8 Å². The van der Waals surface area contributed by atoms with Crippen LogP contribution in [0.3, 0.4) is 0 Å². The number of rotatable bonds is 7. The zero-order valence-corrected chi connectivity index (χ0v) is 13.8. The lowest BCUT2D eigenvalue weighted by Crippen LogP contribution is -2.43. The fraction of sp³-hybridized carbons (Fsp3) is 0.600. The molecule has 0 aliphatic heterocycles. The van der Waals surface area contributed by atoms with Crippen LogP contribution in [0.1, 0.15) is 34.1 Å². The quantitative estimate of drug-likeness (QED) is 0.841. The molecule has 0 fully saturated rings. The molecule has 1 aromatic rings. The van der Waals surface area contributed by atoms with Gasteiger partial charge in [0.2, 0.25) is 0 Å². The Morgan fingerprint density at radius 2 is 1.80 bits per heavy atom. The largest absolute Gasteiger partial charge is 0.489 e. The maximum absolute atomic E-state index is 11.4. The van der Waals surface area contributed by atoms with E-state index < -0.39 is 9.84 Å². The summed E-state index contributed by atoms with van der Waals surface area (Å²) in [7, 11) is -3.15. The summed E-state index contributed by atoms with van der Waals surface area (Å²) in [5.41, 5.74) is 0.0950. The first-order valence-electron chi connectivity index (χ1n) is 6.86. The van der Waals surface area contributed by atoms with Crippen LogP contribution in [0, 0.1) is 0 Å². The van der Waals surface area contributed by atoms with Gasteiger partial charge in [0.15, 0.2) is 9.84 Å². The molecule has 1 aromatic carbocycles. The first-order valence-corrected chi connectivity index (χ1v) is 8.75. The molecule has 5 heteroatoms. The van der Waals surface area contributed by atoms with Crippen molar-refractivity contribution >= 4 is 9.84 Å². The van der Waals surface area contributed by atoms with Gasteiger partial charge in [-0.3, -0.25) is 0 Å². The van der Waals surface area contributed by atoms with Crippen molar-refractivity contribution in [2.24, 2.45) is 0 Å². The van der Waals surface area contributed by atoms with Crippen LogP contribution in [0.2, 0.25) is 0 Å². The van der Waals surface area contributed by atoms with Gasteiger partial charge >= 0.3 is 0 Å². The van der Waals surface area contributed by atoms with E-state index in [1.54, 1.807) is 24.3 Å². The maximum atomic E-state index is 11.4. The van der Waals surface area contributed by atoms with Gasteiger partial charge in [-0.2, -0.15) is 0 Å². The van der Waals surface area contributed by atoms with Crippen LogP contribution in [0.4, 0.5) is 0 Å². The van der Waals surface area contributed by atoms with E-state index in [1.807, 2.05) is 6.92 Å². The lowest BCUT2D eigenvalue weighted by molar-refractivity contribution is 0.199. The molecular formula is C15H25NO3S. The molecule has 1 rings (SSSR count). The molecule has 0 heterocycles. The van der Waals surface area contributed by atoms with Gasteiger partial charge in [-0.15, -0.1) is 0 Å². The Bertz CT molecular complexity index is 521. The second-order valence-corrected chi connectivity index (χ2v) is 7.81. The predicted octanol–water partition coefficient (Wildman–Crippen LogP) is 2.64. The third-order valence-electron chi connectivity index (χ3n) is 3.34. The van der Waals surface area contributed by atoms with Gasteiger partial charge in [0.1, 0.15) is 11.9 Å². The number of sulfone groups is 1. The van der Waals surface area contributed by atoms with E-state index in [9.17, 15) is 8.42 Å². The number of hydrogen-bond acceptors (Lipinski definition) is 4. The molecular weight excluding hydrogens is 274 g/mol. The molecule has 0 saturated carbocycles. The zero-order valence-electron chi connectivity index (χ0n) is 12.9. The van der Waals surface area contributed by atoms with Crippen LogP contribution in [0.5, 0.6) is 5.75 Å². The Hall–Kier alpha value is -1.07. The van der Waals surface area contributed by atoms with Crippen molar-refractivity contribution in [3.8, 4) is 5.75 Å². The highest BCUT2D eigenvalue weighted by Crippen LogP contribution is 2.17. The molecule has 1 unspecified atom stereocenters. The van der Waals surface area contributed by atoms with Crippen molar-refractivity contribution in [3.63, 3.8) is 0 Å². The SMILES string of the molecule is CCC(C)(C)NCC(C)Oc1ccc(S(C)(=O)=O)cc1. The molecule has 114 valence electrons. The summed E-state index contributed by atoms with van der Waals surface area (Å²) in [6.07, 6.45) is 2.26. The summed E-state index contributed by atoms with van der Waals surface area (Å²) in [4.78, 5) is 0.308. The van der Waals surface area contributed by atoms with Crippen LogP contribution in [-0.2, 0) is 9.84 Å². The summed E-state index contributed by atoms with van der Waals surface area (Å²) in [5.74, 6) is 0.681. The molecule has 0 aliphatic rings. The third-order valence-corrected chi connectivity index (χ3v) is 4.47. The lowest BCUT2D eigenvalue weighted by atomic mass is 10.0. The fourth-order valence-corrected chi connectivity index (χ4v) is 2.21. The van der Waals surface area contributed by atoms with Crippen LogP contribution in [-0.4, -0.2) is 32.9 Å². The molecule has 0 radical (unpaired) electrons. The summed E-state index contributed by atoms with van der Waals surface area (Å²) >= 11 is 0. The molecule has 0 aromatic heterocycles. The highest BCUT2D eigenvalue weighted by atomic mass is 32.2. The summed E-state index contributed by atoms with van der Waals surface area (Å²) in [6, 6.07) is 6.53. The van der Waals surface area contributed by atoms with Gasteiger partial charge in [0, 0.05) is 18.3 Å². The van der Waals surface area contributed by atoms with Gasteiger partial charge in [-0.05, 0) is 51.5 Å². The van der Waals surface area contributed by atoms with Crippen LogP contribution in [0.25, 0.3) is 0 Å². The minimum atomic E-state index is -3.15. The molecule has 0 spiro atoms. The average Bonchev–Trinajstić information content (AvgIpc) is 2.36. The normalized spacial score (nSPS) is 14.1. The summed E-state index contributed by atoms with van der Waals surface area (Å²) in [5, 5.41) is 3.44. The summed E-state index contributed by atoms with van der Waals surface area (Å²) in [6.45, 7) is 9.18. The van der Waals surface area contributed by atoms with E-state index in [2.05, 4.69) is 26.1 Å². The van der Waals surface area contributed by atoms with Gasteiger partial charge in [0.05, 0.1) is 4.90 Å². The highest BCUT2D eigenvalue weighted by molar-refractivity contribution is 7.90. The lowest BCUT2D eigenvalue weighted by Gasteiger charge is -2.27. The van der Waals surface area contributed by atoms with Gasteiger partial charge < -0.3 is 10.1 Å². The zero-order chi connectivity index (χ0) is 15.4. The molecule has 4 nitrogen and oxygen atoms in total. The number of ether oxygens (including phenoxy) is 1. The second-order valence-electron chi connectivity index (χ2n) is 5.79. The van der Waals surface area contributed by atoms with Crippen molar-refractivity contribution in [1.82, 2.24) is 5.32 Å². The molecule has 0 saturated heterocycles. The van der Waals surface area contributed by atoms with Gasteiger partial charge in [0.25, 0.3) is 0 Å². The minimum absolute atomic E-state index is 0.0184. The van der Waals surface area contributed by atoms with E-state index in [0.717, 1.165) is 13.0 Å². The Labute approximate surface area is 122 Å². The van der Waals surface area contributed by atoms with Crippen LogP contribution < -0.4 is 10.1 Å². The smallest absolute Gasteiger partial charge is 0.175 e. The van der Waals surface area contributed by atoms with Crippen molar-refractivity contribution in [2.45, 2.75) is 50.7 Å². The van der Waals surface area contributed by atoms with Crippen molar-refractivity contribution < 1.29 is 13.2 Å². The molecule has 20 heavy (non-hydrogen) atoms. The number of nitrogens with one attached hydrogen (secondary N) is 1. The monoisotopic (exact) mass is 299 g/mol. The second kappa shape index (κ2) is 6.59. The van der Waals surface area contributed by atoms with Gasteiger partial charge in [-0.1, -0.05) is 6.92 Å². The van der Waals surface area contributed by atoms with Crippen molar-refractivity contribution in [3.05, 3.63) is 24.3 Å². The molecule has 1 atom stereocenters. The van der Waals surface area contributed by atoms with Crippen molar-refractivity contribution in [1.29, 1.82) is 0 Å². The van der Waals surface area contributed by atoms with Crippen LogP contribution in [0.15, 0.2) is 29.2 Å². The Balaban J connectivity index is 2.57. The number of benzene rings is 1. The first kappa shape index (κ1) is 17.0. The van der Waals surface area contributed by atoms with E-state index in [-0.39, 0.29) is 11.6 Å². The first-order chi connectivity index (χ1) is 9.14. The van der Waals surface area contributed by atoms with E-state index in [1.165, 1.54) is 6.26 Å². The fourth-order valence-electron chi connectivity index (χ4n) is 1.58. The Morgan fingerprint density at radius 1 is 1.25 bits per heavy atom. The molecule has 0 aliphatic carbocycles. The predicted molar refractivity (Wildman–Crippen MR) is 82.0 cm³/mol. The minimum Gasteiger partial charge on any atom is -0.489 e. The van der Waals surface area contributed by atoms with Gasteiger partial charge in [-0.25, -0.2) is 8.42 Å². The molecule has 0 amide bonds. The Kier molecular flexibility index (Phi) is 5.59. The average molecular weight is 299 g/mol. The van der Waals surface area contributed by atoms with E-state index >= 15 is 0 Å².